The molecule has 4 aliphatic rings. The van der Waals surface area contributed by atoms with Gasteiger partial charge in [-0.15, -0.1) is 0 Å². The van der Waals surface area contributed by atoms with E-state index >= 15 is 0 Å². The van der Waals surface area contributed by atoms with E-state index in [0.29, 0.717) is 24.9 Å². The average molecular weight is 460 g/mol. The van der Waals surface area contributed by atoms with Crippen molar-refractivity contribution in [3.05, 3.63) is 23.4 Å². The molecule has 2 atom stereocenters. The third-order valence-corrected chi connectivity index (χ3v) is 6.89. The van der Waals surface area contributed by atoms with Crippen LogP contribution in [-0.4, -0.2) is 65.4 Å². The number of alkyl carbamates (subject to hydrolysis) is 1. The van der Waals surface area contributed by atoms with Crippen molar-refractivity contribution < 1.29 is 23.8 Å². The number of carbonyl (C=O) groups is 2. The highest BCUT2D eigenvalue weighted by molar-refractivity contribution is 5.78. The quantitative estimate of drug-likeness (QED) is 0.689. The summed E-state index contributed by atoms with van der Waals surface area (Å²) in [7, 11) is 0. The lowest BCUT2D eigenvalue weighted by atomic mass is 9.81. The number of nitrogens with zero attached hydrogens (tertiary/aromatic N) is 2. The molecule has 1 saturated carbocycles. The van der Waals surface area contributed by atoms with Crippen LogP contribution in [0.3, 0.4) is 0 Å². The van der Waals surface area contributed by atoms with Crippen LogP contribution in [0.4, 0.5) is 4.79 Å². The van der Waals surface area contributed by atoms with Crippen molar-refractivity contribution in [3.8, 4) is 5.88 Å². The predicted octanol–water partition coefficient (Wildman–Crippen LogP) is 3.71. The van der Waals surface area contributed by atoms with Crippen molar-refractivity contribution >= 4 is 12.0 Å². The number of aryl methyl sites for hydroxylation is 1. The van der Waals surface area contributed by atoms with Gasteiger partial charge in [-0.25, -0.2) is 9.78 Å². The number of hydrogen-bond acceptors (Lipinski definition) is 6. The number of ether oxygens (including phenoxy) is 3. The van der Waals surface area contributed by atoms with E-state index in [4.69, 9.17) is 14.2 Å². The zero-order chi connectivity index (χ0) is 23.6. The number of rotatable bonds is 1. The number of fused-ring (bicyclic) bond motifs is 5. The van der Waals surface area contributed by atoms with E-state index in [1.54, 1.807) is 6.20 Å². The fraction of sp³-hybridized carbons (Fsp3) is 0.720. The Hall–Kier alpha value is -2.35. The van der Waals surface area contributed by atoms with E-state index < -0.39 is 11.7 Å². The summed E-state index contributed by atoms with van der Waals surface area (Å²) in [6, 6.07) is 1.52. The third kappa shape index (κ3) is 5.78. The predicted molar refractivity (Wildman–Crippen MR) is 123 cm³/mol. The van der Waals surface area contributed by atoms with Crippen LogP contribution in [-0.2, 0) is 14.3 Å². The van der Waals surface area contributed by atoms with E-state index in [-0.39, 0.29) is 30.7 Å². The molecule has 1 N–H and O–H groups in total. The minimum absolute atomic E-state index is 0.0741. The second-order valence-corrected chi connectivity index (χ2v) is 10.5. The van der Waals surface area contributed by atoms with Gasteiger partial charge in [-0.05, 0) is 83.8 Å². The smallest absolute Gasteiger partial charge is 0.407 e. The second kappa shape index (κ2) is 9.87. The van der Waals surface area contributed by atoms with Crippen LogP contribution in [0.5, 0.6) is 5.88 Å². The molecule has 33 heavy (non-hydrogen) atoms. The van der Waals surface area contributed by atoms with Crippen LogP contribution in [0.15, 0.2) is 12.3 Å². The molecule has 1 aromatic rings. The first-order valence-corrected chi connectivity index (χ1v) is 12.2. The molecule has 2 fully saturated rings. The van der Waals surface area contributed by atoms with Gasteiger partial charge in [-0.2, -0.15) is 0 Å². The Kier molecular flexibility index (Phi) is 7.12. The Morgan fingerprint density at radius 3 is 2.70 bits per heavy atom. The van der Waals surface area contributed by atoms with Gasteiger partial charge in [0.1, 0.15) is 5.60 Å². The van der Waals surface area contributed by atoms with Crippen molar-refractivity contribution in [2.24, 2.45) is 0 Å². The van der Waals surface area contributed by atoms with E-state index in [1.165, 1.54) is 0 Å². The van der Waals surface area contributed by atoms with Crippen LogP contribution in [0, 0.1) is 6.92 Å². The summed E-state index contributed by atoms with van der Waals surface area (Å²) in [5.41, 5.74) is 1.70. The summed E-state index contributed by atoms with van der Waals surface area (Å²) in [5.74, 6) is 0.831. The Labute approximate surface area is 196 Å². The lowest BCUT2D eigenvalue weighted by Gasteiger charge is -2.42. The first-order valence-electron chi connectivity index (χ1n) is 12.2. The van der Waals surface area contributed by atoms with Gasteiger partial charge in [0.05, 0.1) is 24.8 Å². The van der Waals surface area contributed by atoms with Gasteiger partial charge in [0.2, 0.25) is 5.88 Å². The van der Waals surface area contributed by atoms with E-state index in [2.05, 4.69) is 17.2 Å². The van der Waals surface area contributed by atoms with Gasteiger partial charge >= 0.3 is 6.09 Å². The molecule has 0 radical (unpaired) electrons. The van der Waals surface area contributed by atoms with Crippen molar-refractivity contribution in [3.63, 3.8) is 0 Å². The third-order valence-electron chi connectivity index (χ3n) is 6.89. The number of piperidine rings is 1. The summed E-state index contributed by atoms with van der Waals surface area (Å²) >= 11 is 0. The minimum atomic E-state index is -0.583. The topological polar surface area (TPSA) is 90.0 Å². The number of amides is 2. The Balaban J connectivity index is 1.56. The average Bonchev–Trinajstić information content (AvgIpc) is 2.76. The fourth-order valence-corrected chi connectivity index (χ4v) is 5.32. The molecular weight excluding hydrogens is 422 g/mol. The molecule has 2 bridgehead atoms. The van der Waals surface area contributed by atoms with Crippen molar-refractivity contribution in [1.82, 2.24) is 15.2 Å². The molecule has 1 aliphatic carbocycles. The molecule has 8 nitrogen and oxygen atoms in total. The largest absolute Gasteiger partial charge is 0.467 e. The zero-order valence-electron chi connectivity index (χ0n) is 20.3. The summed E-state index contributed by atoms with van der Waals surface area (Å²) in [6.07, 6.45) is 6.95. The molecule has 0 spiro atoms. The number of aromatic nitrogens is 1. The van der Waals surface area contributed by atoms with Gasteiger partial charge in [-0.1, -0.05) is 0 Å². The second-order valence-electron chi connectivity index (χ2n) is 10.5. The Bertz CT molecular complexity index is 860. The molecule has 182 valence electrons. The first-order chi connectivity index (χ1) is 15.7. The number of pyridine rings is 1. The number of nitrogens with one attached hydrogen (secondary N) is 1. The minimum Gasteiger partial charge on any atom is -0.467 e. The molecule has 0 aromatic carbocycles. The van der Waals surface area contributed by atoms with Gasteiger partial charge in [-0.3, -0.25) is 4.79 Å². The van der Waals surface area contributed by atoms with E-state index in [0.717, 1.165) is 49.7 Å². The number of hydrogen-bond donors (Lipinski definition) is 1. The zero-order valence-corrected chi connectivity index (χ0v) is 20.3. The van der Waals surface area contributed by atoms with Crippen molar-refractivity contribution in [2.45, 2.75) is 95.9 Å². The lowest BCUT2D eigenvalue weighted by Crippen LogP contribution is -2.60. The van der Waals surface area contributed by atoms with Crippen LogP contribution in [0.1, 0.15) is 76.3 Å². The number of carbonyl (C=O) groups excluding carboxylic acids is 2. The molecule has 8 heteroatoms. The first kappa shape index (κ1) is 23.8. The summed E-state index contributed by atoms with van der Waals surface area (Å²) < 4.78 is 17.8. The maximum Gasteiger partial charge on any atom is 0.407 e. The molecule has 3 aliphatic heterocycles. The van der Waals surface area contributed by atoms with Crippen LogP contribution in [0.25, 0.3) is 0 Å². The molecule has 2 amide bonds. The monoisotopic (exact) mass is 459 g/mol. The Morgan fingerprint density at radius 2 is 1.97 bits per heavy atom. The molecular formula is C25H37N3O5. The highest BCUT2D eigenvalue weighted by Crippen LogP contribution is 2.39. The van der Waals surface area contributed by atoms with E-state index in [9.17, 15) is 9.59 Å². The van der Waals surface area contributed by atoms with Crippen molar-refractivity contribution in [1.29, 1.82) is 0 Å². The maximum absolute atomic E-state index is 13.3. The fourth-order valence-electron chi connectivity index (χ4n) is 5.32. The molecule has 4 heterocycles. The summed E-state index contributed by atoms with van der Waals surface area (Å²) in [4.78, 5) is 32.0. The summed E-state index contributed by atoms with van der Waals surface area (Å²) in [6.45, 7) is 8.54. The van der Waals surface area contributed by atoms with Gasteiger partial charge in [0.25, 0.3) is 5.91 Å². The standard InChI is InChI=1S/C25H37N3O5/c1-16-11-12-26-23-22(16)17-7-9-18(10-8-17)31-14-20-19(27-24(30)33-25(2,3)4)6-5-13-28(20)21(29)15-32-23/h11-12,17-20H,5-10,13-15H2,1-4H3,(H,27,30)/t17-,18+,19-,20-/m0/s1. The molecule has 5 rings (SSSR count). The lowest BCUT2D eigenvalue weighted by molar-refractivity contribution is -0.141. The molecule has 1 saturated heterocycles. The van der Waals surface area contributed by atoms with Gasteiger partial charge < -0.3 is 24.4 Å². The molecule has 0 unspecified atom stereocenters. The van der Waals surface area contributed by atoms with Crippen LogP contribution >= 0.6 is 0 Å². The normalized spacial score (nSPS) is 28.4. The highest BCUT2D eigenvalue weighted by Gasteiger charge is 2.38. The summed E-state index contributed by atoms with van der Waals surface area (Å²) in [5, 5.41) is 3.00. The Morgan fingerprint density at radius 1 is 1.21 bits per heavy atom. The molecule has 1 aromatic heterocycles. The maximum atomic E-state index is 13.3. The van der Waals surface area contributed by atoms with Crippen LogP contribution in [0.2, 0.25) is 0 Å². The van der Waals surface area contributed by atoms with Gasteiger partial charge in [0, 0.05) is 18.3 Å². The van der Waals surface area contributed by atoms with Crippen LogP contribution < -0.4 is 10.1 Å². The van der Waals surface area contributed by atoms with Crippen molar-refractivity contribution in [2.75, 3.05) is 19.8 Å². The van der Waals surface area contributed by atoms with E-state index in [1.807, 2.05) is 31.7 Å². The van der Waals surface area contributed by atoms with Gasteiger partial charge in [0.15, 0.2) is 6.61 Å². The highest BCUT2D eigenvalue weighted by atomic mass is 16.6. The SMILES string of the molecule is Cc1ccnc2c1[C@H]1CC[C@H](CC1)OC[C@H]1[C@@H](NC(=O)OC(C)(C)C)CCCN1C(=O)CO2.